The van der Waals surface area contributed by atoms with E-state index in [4.69, 9.17) is 0 Å². The molecule has 2 heterocycles. The molecule has 1 saturated heterocycles. The third-order valence-electron chi connectivity index (χ3n) is 4.86. The van der Waals surface area contributed by atoms with Crippen LogP contribution < -0.4 is 10.9 Å². The normalized spacial score (nSPS) is 15.0. The van der Waals surface area contributed by atoms with Crippen molar-refractivity contribution >= 4 is 21.6 Å². The first-order valence-electron chi connectivity index (χ1n) is 8.86. The third-order valence-corrected chi connectivity index (χ3v) is 6.77. The molecular formula is C19H23N3O4S. The van der Waals surface area contributed by atoms with Crippen LogP contribution in [0.2, 0.25) is 0 Å². The number of amides is 1. The molecule has 27 heavy (non-hydrogen) atoms. The van der Waals surface area contributed by atoms with Gasteiger partial charge in [0.25, 0.3) is 5.56 Å². The standard InChI is InChI=1S/C19H23N3O4S/c1-14-7-5-8-16(15(14)2)20-18(23)13-21-10-6-9-17(19(21)24)27(25,26)22-11-3-4-12-22/h5-10H,3-4,11-13H2,1-2H3,(H,20,23). The van der Waals surface area contributed by atoms with E-state index >= 15 is 0 Å². The summed E-state index contributed by atoms with van der Waals surface area (Å²) in [6.07, 6.45) is 3.00. The van der Waals surface area contributed by atoms with Crippen LogP contribution in [0.4, 0.5) is 5.69 Å². The van der Waals surface area contributed by atoms with Crippen molar-refractivity contribution in [3.63, 3.8) is 0 Å². The van der Waals surface area contributed by atoms with E-state index in [9.17, 15) is 18.0 Å². The number of hydrogen-bond acceptors (Lipinski definition) is 4. The van der Waals surface area contributed by atoms with E-state index in [-0.39, 0.29) is 17.3 Å². The number of pyridine rings is 1. The molecule has 1 aliphatic rings. The number of aryl methyl sites for hydroxylation is 1. The molecule has 1 aromatic carbocycles. The topological polar surface area (TPSA) is 88.5 Å². The highest BCUT2D eigenvalue weighted by molar-refractivity contribution is 7.89. The Morgan fingerprint density at radius 1 is 1.11 bits per heavy atom. The van der Waals surface area contributed by atoms with Gasteiger partial charge >= 0.3 is 0 Å². The third kappa shape index (κ3) is 3.96. The molecule has 144 valence electrons. The van der Waals surface area contributed by atoms with Crippen molar-refractivity contribution in [1.82, 2.24) is 8.87 Å². The molecule has 0 unspecified atom stereocenters. The summed E-state index contributed by atoms with van der Waals surface area (Å²) in [6, 6.07) is 8.36. The second-order valence-corrected chi connectivity index (χ2v) is 8.62. The fourth-order valence-electron chi connectivity index (χ4n) is 3.13. The quantitative estimate of drug-likeness (QED) is 0.846. The van der Waals surface area contributed by atoms with E-state index in [0.29, 0.717) is 18.8 Å². The molecule has 3 rings (SSSR count). The smallest absolute Gasteiger partial charge is 0.271 e. The zero-order valence-corrected chi connectivity index (χ0v) is 16.3. The molecular weight excluding hydrogens is 366 g/mol. The number of carbonyl (C=O) groups is 1. The maximum atomic E-state index is 12.7. The van der Waals surface area contributed by atoms with Crippen molar-refractivity contribution in [2.75, 3.05) is 18.4 Å². The van der Waals surface area contributed by atoms with E-state index in [2.05, 4.69) is 5.32 Å². The van der Waals surface area contributed by atoms with Crippen molar-refractivity contribution in [2.24, 2.45) is 0 Å². The van der Waals surface area contributed by atoms with Crippen molar-refractivity contribution in [1.29, 1.82) is 0 Å². The summed E-state index contributed by atoms with van der Waals surface area (Å²) in [5.41, 5.74) is 1.99. The minimum absolute atomic E-state index is 0.254. The summed E-state index contributed by atoms with van der Waals surface area (Å²) >= 11 is 0. The molecule has 7 nitrogen and oxygen atoms in total. The van der Waals surface area contributed by atoms with Gasteiger partial charge in [-0.1, -0.05) is 12.1 Å². The second-order valence-electron chi connectivity index (χ2n) is 6.71. The number of aromatic nitrogens is 1. The molecule has 0 aliphatic carbocycles. The summed E-state index contributed by atoms with van der Waals surface area (Å²) < 4.78 is 27.8. The van der Waals surface area contributed by atoms with E-state index in [0.717, 1.165) is 28.5 Å². The minimum Gasteiger partial charge on any atom is -0.324 e. The maximum absolute atomic E-state index is 12.7. The Kier molecular flexibility index (Phi) is 5.48. The lowest BCUT2D eigenvalue weighted by Crippen LogP contribution is -2.36. The number of benzene rings is 1. The van der Waals surface area contributed by atoms with Gasteiger partial charge in [-0.15, -0.1) is 0 Å². The second kappa shape index (κ2) is 7.66. The number of hydrogen-bond donors (Lipinski definition) is 1. The molecule has 2 aromatic rings. The number of anilines is 1. The zero-order chi connectivity index (χ0) is 19.6. The predicted octanol–water partition coefficient (Wildman–Crippen LogP) is 1.89. The van der Waals surface area contributed by atoms with E-state index in [1.54, 1.807) is 6.07 Å². The van der Waals surface area contributed by atoms with Crippen molar-refractivity contribution in [2.45, 2.75) is 38.1 Å². The van der Waals surface area contributed by atoms with Gasteiger partial charge in [0.15, 0.2) is 0 Å². The Morgan fingerprint density at radius 2 is 1.81 bits per heavy atom. The van der Waals surface area contributed by atoms with Crippen molar-refractivity contribution < 1.29 is 13.2 Å². The summed E-state index contributed by atoms with van der Waals surface area (Å²) in [5.74, 6) is -0.387. The maximum Gasteiger partial charge on any atom is 0.271 e. The number of carbonyl (C=O) groups excluding carboxylic acids is 1. The molecule has 0 spiro atoms. The van der Waals surface area contributed by atoms with Gasteiger partial charge in [-0.05, 0) is 56.0 Å². The molecule has 0 radical (unpaired) electrons. The molecule has 0 bridgehead atoms. The first-order chi connectivity index (χ1) is 12.8. The highest BCUT2D eigenvalue weighted by Gasteiger charge is 2.30. The van der Waals surface area contributed by atoms with E-state index < -0.39 is 15.6 Å². The van der Waals surface area contributed by atoms with Crippen molar-refractivity contribution in [3.05, 3.63) is 58.0 Å². The summed E-state index contributed by atoms with van der Waals surface area (Å²) in [7, 11) is -3.83. The lowest BCUT2D eigenvalue weighted by Gasteiger charge is -2.16. The zero-order valence-electron chi connectivity index (χ0n) is 15.4. The number of nitrogens with zero attached hydrogens (tertiary/aromatic N) is 2. The molecule has 1 amide bonds. The van der Waals surface area contributed by atoms with Crippen LogP contribution in [0.5, 0.6) is 0 Å². The monoisotopic (exact) mass is 389 g/mol. The van der Waals surface area contributed by atoms with Gasteiger partial charge in [0.05, 0.1) is 0 Å². The van der Waals surface area contributed by atoms with Crippen LogP contribution in [0.1, 0.15) is 24.0 Å². The summed E-state index contributed by atoms with van der Waals surface area (Å²) in [6.45, 7) is 4.44. The Morgan fingerprint density at radius 3 is 2.52 bits per heavy atom. The highest BCUT2D eigenvalue weighted by atomic mass is 32.2. The van der Waals surface area contributed by atoms with E-state index in [1.807, 2.05) is 26.0 Å². The minimum atomic E-state index is -3.83. The summed E-state index contributed by atoms with van der Waals surface area (Å²) in [4.78, 5) is 24.8. The Hall–Kier alpha value is -2.45. The van der Waals surface area contributed by atoms with Crippen LogP contribution in [0.3, 0.4) is 0 Å². The molecule has 8 heteroatoms. The van der Waals surface area contributed by atoms with Gasteiger partial charge in [0.2, 0.25) is 15.9 Å². The summed E-state index contributed by atoms with van der Waals surface area (Å²) in [5, 5.41) is 2.78. The van der Waals surface area contributed by atoms with Gasteiger partial charge in [-0.25, -0.2) is 8.42 Å². The fourth-order valence-corrected chi connectivity index (χ4v) is 4.74. The van der Waals surface area contributed by atoms with Crippen LogP contribution in [-0.2, 0) is 21.4 Å². The van der Waals surface area contributed by atoms with Gasteiger partial charge in [-0.2, -0.15) is 4.31 Å². The Labute approximate surface area is 158 Å². The largest absolute Gasteiger partial charge is 0.324 e. The molecule has 1 aromatic heterocycles. The lowest BCUT2D eigenvalue weighted by atomic mass is 10.1. The first-order valence-corrected chi connectivity index (χ1v) is 10.3. The predicted molar refractivity (Wildman–Crippen MR) is 103 cm³/mol. The molecule has 0 atom stereocenters. The average Bonchev–Trinajstić information content (AvgIpc) is 3.16. The first kappa shape index (κ1) is 19.3. The number of rotatable bonds is 5. The average molecular weight is 389 g/mol. The van der Waals surface area contributed by atoms with E-state index in [1.165, 1.54) is 22.6 Å². The number of sulfonamides is 1. The van der Waals surface area contributed by atoms with Crippen LogP contribution in [0, 0.1) is 13.8 Å². The molecule has 1 N–H and O–H groups in total. The lowest BCUT2D eigenvalue weighted by molar-refractivity contribution is -0.116. The van der Waals surface area contributed by atoms with Gasteiger partial charge < -0.3 is 9.88 Å². The molecule has 1 fully saturated rings. The van der Waals surface area contributed by atoms with Crippen molar-refractivity contribution in [3.8, 4) is 0 Å². The van der Waals surface area contributed by atoms with Crippen LogP contribution >= 0.6 is 0 Å². The Bertz CT molecular complexity index is 1020. The number of nitrogens with one attached hydrogen (secondary N) is 1. The van der Waals surface area contributed by atoms with Crippen LogP contribution in [0.25, 0.3) is 0 Å². The highest BCUT2D eigenvalue weighted by Crippen LogP contribution is 2.19. The van der Waals surface area contributed by atoms with Gasteiger partial charge in [-0.3, -0.25) is 9.59 Å². The SMILES string of the molecule is Cc1cccc(NC(=O)Cn2cccc(S(=O)(=O)N3CCCC3)c2=O)c1C. The van der Waals surface area contributed by atoms with Gasteiger partial charge in [0, 0.05) is 25.0 Å². The molecule has 0 saturated carbocycles. The fraction of sp³-hybridized carbons (Fsp3) is 0.368. The van der Waals surface area contributed by atoms with Crippen LogP contribution in [-0.4, -0.2) is 36.3 Å². The van der Waals surface area contributed by atoms with Gasteiger partial charge in [0.1, 0.15) is 11.4 Å². The molecule has 1 aliphatic heterocycles. The Balaban J connectivity index is 1.83. The van der Waals surface area contributed by atoms with Crippen LogP contribution in [0.15, 0.2) is 46.2 Å².